The summed E-state index contributed by atoms with van der Waals surface area (Å²) in [6.07, 6.45) is 0.366. The Morgan fingerprint density at radius 1 is 1.53 bits per heavy atom. The normalized spacial score (nSPS) is 10.5. The number of hydrogen-bond acceptors (Lipinski definition) is 4. The Kier molecular flexibility index (Phi) is 3.46. The van der Waals surface area contributed by atoms with Crippen LogP contribution >= 0.6 is 0 Å². The van der Waals surface area contributed by atoms with Crippen LogP contribution in [0.15, 0.2) is 18.2 Å². The molecule has 100 valence electrons. The Hall–Kier alpha value is -2.44. The third kappa shape index (κ3) is 2.26. The molecule has 0 radical (unpaired) electrons. The lowest BCUT2D eigenvalue weighted by Crippen LogP contribution is -2.07. The van der Waals surface area contributed by atoms with Gasteiger partial charge in [-0.15, -0.1) is 5.10 Å². The Labute approximate surface area is 108 Å². The SMILES string of the molecule is CCc1c(C(=O)O)nnn1-c1cc(OC)ccc1F. The van der Waals surface area contributed by atoms with E-state index in [4.69, 9.17) is 9.84 Å². The smallest absolute Gasteiger partial charge is 0.358 e. The van der Waals surface area contributed by atoms with E-state index in [0.717, 1.165) is 0 Å². The summed E-state index contributed by atoms with van der Waals surface area (Å²) >= 11 is 0. The molecule has 6 nitrogen and oxygen atoms in total. The first-order valence-electron chi connectivity index (χ1n) is 5.60. The molecule has 1 N–H and O–H groups in total. The number of halogens is 1. The molecule has 2 rings (SSSR count). The van der Waals surface area contributed by atoms with E-state index in [-0.39, 0.29) is 11.4 Å². The number of carboxylic acids is 1. The van der Waals surface area contributed by atoms with E-state index in [0.29, 0.717) is 17.9 Å². The maximum atomic E-state index is 13.8. The number of nitrogens with zero attached hydrogens (tertiary/aromatic N) is 3. The highest BCUT2D eigenvalue weighted by Crippen LogP contribution is 2.22. The van der Waals surface area contributed by atoms with Gasteiger partial charge in [0.05, 0.1) is 12.8 Å². The summed E-state index contributed by atoms with van der Waals surface area (Å²) in [6.45, 7) is 1.75. The molecule has 0 unspecified atom stereocenters. The summed E-state index contributed by atoms with van der Waals surface area (Å²) in [6, 6.07) is 4.14. The summed E-state index contributed by atoms with van der Waals surface area (Å²) < 4.78 is 20.0. The summed E-state index contributed by atoms with van der Waals surface area (Å²) in [5.41, 5.74) is 0.264. The third-order valence-corrected chi connectivity index (χ3v) is 2.68. The molecular weight excluding hydrogens is 253 g/mol. The zero-order chi connectivity index (χ0) is 14.0. The lowest BCUT2D eigenvalue weighted by atomic mass is 10.2. The van der Waals surface area contributed by atoms with Gasteiger partial charge in [-0.3, -0.25) is 0 Å². The Morgan fingerprint density at radius 2 is 2.26 bits per heavy atom. The fraction of sp³-hybridized carbons (Fsp3) is 0.250. The maximum absolute atomic E-state index is 13.8. The molecule has 1 heterocycles. The lowest BCUT2D eigenvalue weighted by Gasteiger charge is -2.08. The molecule has 0 spiro atoms. The molecule has 0 aliphatic rings. The van der Waals surface area contributed by atoms with Crippen LogP contribution in [0.3, 0.4) is 0 Å². The van der Waals surface area contributed by atoms with Crippen LogP contribution in [0, 0.1) is 5.82 Å². The Bertz CT molecular complexity index is 625. The van der Waals surface area contributed by atoms with Crippen LogP contribution < -0.4 is 4.74 Å². The number of hydrogen-bond donors (Lipinski definition) is 1. The van der Waals surface area contributed by atoms with Gasteiger partial charge in [0.2, 0.25) is 0 Å². The highest BCUT2D eigenvalue weighted by molar-refractivity contribution is 5.86. The van der Waals surface area contributed by atoms with Gasteiger partial charge in [0.25, 0.3) is 0 Å². The molecule has 0 saturated heterocycles. The van der Waals surface area contributed by atoms with Crippen LogP contribution in [0.2, 0.25) is 0 Å². The van der Waals surface area contributed by atoms with Gasteiger partial charge in [-0.25, -0.2) is 13.9 Å². The van der Waals surface area contributed by atoms with Gasteiger partial charge in [0.1, 0.15) is 17.3 Å². The second-order valence-electron chi connectivity index (χ2n) is 3.77. The van der Waals surface area contributed by atoms with Crippen molar-refractivity contribution in [2.45, 2.75) is 13.3 Å². The van der Waals surface area contributed by atoms with E-state index in [1.165, 1.54) is 30.0 Å². The Morgan fingerprint density at radius 3 is 2.84 bits per heavy atom. The predicted molar refractivity (Wildman–Crippen MR) is 64.2 cm³/mol. The number of rotatable bonds is 4. The molecular formula is C12H12FN3O3. The predicted octanol–water partition coefficient (Wildman–Crippen LogP) is 1.68. The molecule has 0 aliphatic carbocycles. The second-order valence-corrected chi connectivity index (χ2v) is 3.77. The van der Waals surface area contributed by atoms with Crippen LogP contribution in [0.1, 0.15) is 23.1 Å². The van der Waals surface area contributed by atoms with Gasteiger partial charge in [-0.05, 0) is 18.6 Å². The van der Waals surface area contributed by atoms with Crippen LogP contribution in [-0.2, 0) is 6.42 Å². The monoisotopic (exact) mass is 265 g/mol. The lowest BCUT2D eigenvalue weighted by molar-refractivity contribution is 0.0689. The summed E-state index contributed by atoms with van der Waals surface area (Å²) in [5, 5.41) is 16.3. The van der Waals surface area contributed by atoms with Crippen LogP contribution in [0.4, 0.5) is 4.39 Å². The van der Waals surface area contributed by atoms with Crippen molar-refractivity contribution in [1.82, 2.24) is 15.0 Å². The number of carboxylic acid groups (broad SMARTS) is 1. The fourth-order valence-electron chi connectivity index (χ4n) is 1.76. The molecule has 19 heavy (non-hydrogen) atoms. The molecule has 1 aromatic heterocycles. The molecule has 1 aromatic carbocycles. The van der Waals surface area contributed by atoms with E-state index in [1.54, 1.807) is 6.92 Å². The van der Waals surface area contributed by atoms with Crippen molar-refractivity contribution in [2.24, 2.45) is 0 Å². The number of aromatic nitrogens is 3. The average Bonchev–Trinajstić information content (AvgIpc) is 2.83. The average molecular weight is 265 g/mol. The minimum atomic E-state index is -1.19. The largest absolute Gasteiger partial charge is 0.497 e. The van der Waals surface area contributed by atoms with Crippen molar-refractivity contribution < 1.29 is 19.0 Å². The topological polar surface area (TPSA) is 77.2 Å². The van der Waals surface area contributed by atoms with Crippen molar-refractivity contribution in [1.29, 1.82) is 0 Å². The molecule has 0 fully saturated rings. The fourth-order valence-corrected chi connectivity index (χ4v) is 1.76. The number of ether oxygens (including phenoxy) is 1. The van der Waals surface area contributed by atoms with Crippen molar-refractivity contribution in [3.8, 4) is 11.4 Å². The van der Waals surface area contributed by atoms with E-state index in [1.807, 2.05) is 0 Å². The van der Waals surface area contributed by atoms with Crippen molar-refractivity contribution in [2.75, 3.05) is 7.11 Å². The Balaban J connectivity index is 2.61. The first kappa shape index (κ1) is 13.0. The molecule has 0 atom stereocenters. The third-order valence-electron chi connectivity index (χ3n) is 2.68. The van der Waals surface area contributed by atoms with Gasteiger partial charge in [-0.1, -0.05) is 12.1 Å². The van der Waals surface area contributed by atoms with E-state index < -0.39 is 11.8 Å². The minimum Gasteiger partial charge on any atom is -0.497 e. The van der Waals surface area contributed by atoms with Gasteiger partial charge in [0, 0.05) is 6.07 Å². The van der Waals surface area contributed by atoms with Gasteiger partial charge < -0.3 is 9.84 Å². The van der Waals surface area contributed by atoms with E-state index in [9.17, 15) is 9.18 Å². The van der Waals surface area contributed by atoms with Gasteiger partial charge in [0.15, 0.2) is 5.69 Å². The van der Waals surface area contributed by atoms with E-state index >= 15 is 0 Å². The van der Waals surface area contributed by atoms with Crippen LogP contribution in [-0.4, -0.2) is 33.2 Å². The van der Waals surface area contributed by atoms with Crippen molar-refractivity contribution in [3.63, 3.8) is 0 Å². The summed E-state index contributed by atoms with van der Waals surface area (Å²) in [4.78, 5) is 11.0. The maximum Gasteiger partial charge on any atom is 0.358 e. The van der Waals surface area contributed by atoms with Crippen LogP contribution in [0.25, 0.3) is 5.69 Å². The van der Waals surface area contributed by atoms with Crippen molar-refractivity contribution >= 4 is 5.97 Å². The first-order chi connectivity index (χ1) is 9.08. The van der Waals surface area contributed by atoms with Crippen molar-refractivity contribution in [3.05, 3.63) is 35.4 Å². The van der Waals surface area contributed by atoms with Gasteiger partial charge >= 0.3 is 5.97 Å². The second kappa shape index (κ2) is 5.05. The quantitative estimate of drug-likeness (QED) is 0.910. The molecule has 0 bridgehead atoms. The molecule has 0 amide bonds. The zero-order valence-corrected chi connectivity index (χ0v) is 10.4. The highest BCUT2D eigenvalue weighted by Gasteiger charge is 2.20. The number of carbonyl (C=O) groups is 1. The van der Waals surface area contributed by atoms with E-state index in [2.05, 4.69) is 10.3 Å². The standard InChI is InChI=1S/C12H12FN3O3/c1-3-9-11(12(17)18)14-15-16(9)10-6-7(19-2)4-5-8(10)13/h4-6H,3H2,1-2H3,(H,17,18). The first-order valence-corrected chi connectivity index (χ1v) is 5.60. The summed E-state index contributed by atoms with van der Waals surface area (Å²) in [7, 11) is 1.46. The zero-order valence-electron chi connectivity index (χ0n) is 10.4. The number of benzene rings is 1. The van der Waals surface area contributed by atoms with Crippen LogP contribution in [0.5, 0.6) is 5.75 Å². The summed E-state index contributed by atoms with van der Waals surface area (Å²) in [5.74, 6) is -1.27. The number of aromatic carboxylic acids is 1. The molecule has 2 aromatic rings. The molecule has 7 heteroatoms. The number of methoxy groups -OCH3 is 1. The molecule has 0 aliphatic heterocycles. The minimum absolute atomic E-state index is 0.108. The van der Waals surface area contributed by atoms with Gasteiger partial charge in [-0.2, -0.15) is 0 Å². The highest BCUT2D eigenvalue weighted by atomic mass is 19.1. The molecule has 0 saturated carbocycles.